The third kappa shape index (κ3) is 7.54. The number of likely N-dealkylation sites (tertiary alicyclic amines) is 1. The molecule has 1 aliphatic heterocycles. The zero-order valence-corrected chi connectivity index (χ0v) is 19.4. The van der Waals surface area contributed by atoms with Gasteiger partial charge in [0.1, 0.15) is 11.9 Å². The molecule has 2 N–H and O–H groups in total. The smallest absolute Gasteiger partial charge is 0.225 e. The summed E-state index contributed by atoms with van der Waals surface area (Å²) in [7, 11) is 0. The maximum absolute atomic E-state index is 12.6. The van der Waals surface area contributed by atoms with Crippen LogP contribution in [0, 0.1) is 12.8 Å². The first-order valence-corrected chi connectivity index (χ1v) is 11.5. The molecule has 30 heavy (non-hydrogen) atoms. The summed E-state index contributed by atoms with van der Waals surface area (Å²) in [6, 6.07) is 8.43. The Morgan fingerprint density at radius 1 is 1.17 bits per heavy atom. The molecule has 1 aromatic rings. The van der Waals surface area contributed by atoms with Crippen molar-refractivity contribution in [2.45, 2.75) is 72.4 Å². The molecule has 1 saturated heterocycles. The van der Waals surface area contributed by atoms with Gasteiger partial charge >= 0.3 is 0 Å². The molecule has 6 nitrogen and oxygen atoms in total. The number of carbonyl (C=O) groups excluding carboxylic acids is 1. The van der Waals surface area contributed by atoms with Crippen LogP contribution in [0.2, 0.25) is 0 Å². The molecule has 0 radical (unpaired) electrons. The van der Waals surface area contributed by atoms with Crippen molar-refractivity contribution in [3.8, 4) is 5.75 Å². The van der Waals surface area contributed by atoms with Crippen LogP contribution in [0.1, 0.15) is 58.9 Å². The van der Waals surface area contributed by atoms with Crippen LogP contribution in [0.5, 0.6) is 5.75 Å². The molecule has 0 spiro atoms. The van der Waals surface area contributed by atoms with E-state index in [9.17, 15) is 4.79 Å². The van der Waals surface area contributed by atoms with Crippen molar-refractivity contribution in [2.75, 3.05) is 26.2 Å². The number of aryl methyl sites for hydroxylation is 1. The van der Waals surface area contributed by atoms with Gasteiger partial charge in [-0.15, -0.1) is 0 Å². The zero-order valence-electron chi connectivity index (χ0n) is 19.4. The van der Waals surface area contributed by atoms with Crippen molar-refractivity contribution in [1.82, 2.24) is 15.5 Å². The molecule has 0 bridgehead atoms. The van der Waals surface area contributed by atoms with Gasteiger partial charge in [-0.1, -0.05) is 31.5 Å². The van der Waals surface area contributed by atoms with Crippen LogP contribution in [0.3, 0.4) is 0 Å². The Morgan fingerprint density at radius 2 is 1.80 bits per heavy atom. The number of guanidine groups is 1. The number of ether oxygens (including phenoxy) is 1. The average molecular weight is 417 g/mol. The highest BCUT2D eigenvalue weighted by molar-refractivity contribution is 5.80. The van der Waals surface area contributed by atoms with Crippen LogP contribution >= 0.6 is 0 Å². The van der Waals surface area contributed by atoms with Gasteiger partial charge in [0.25, 0.3) is 0 Å². The molecule has 2 rings (SSSR count). The third-order valence-corrected chi connectivity index (χ3v) is 5.69. The molecule has 1 amide bonds. The van der Waals surface area contributed by atoms with E-state index >= 15 is 0 Å². The van der Waals surface area contributed by atoms with E-state index in [0.717, 1.165) is 57.0 Å². The van der Waals surface area contributed by atoms with Gasteiger partial charge in [0, 0.05) is 31.6 Å². The first kappa shape index (κ1) is 24.0. The maximum Gasteiger partial charge on any atom is 0.225 e. The lowest BCUT2D eigenvalue weighted by Crippen LogP contribution is -2.50. The number of amides is 1. The Kier molecular flexibility index (Phi) is 9.98. The SMILES string of the molecule is CCNC(=NCC(C)Oc1ccc(C)cc1)NC1CCN(C(=O)C(CC)CC)CC1. The monoisotopic (exact) mass is 416 g/mol. The lowest BCUT2D eigenvalue weighted by Gasteiger charge is -2.35. The number of carbonyl (C=O) groups is 1. The molecule has 1 fully saturated rings. The predicted octanol–water partition coefficient (Wildman–Crippen LogP) is 3.74. The van der Waals surface area contributed by atoms with Crippen molar-refractivity contribution in [3.63, 3.8) is 0 Å². The summed E-state index contributed by atoms with van der Waals surface area (Å²) in [5.41, 5.74) is 1.22. The summed E-state index contributed by atoms with van der Waals surface area (Å²) >= 11 is 0. The van der Waals surface area contributed by atoms with E-state index in [0.29, 0.717) is 18.5 Å². The molecular formula is C24H40N4O2. The number of nitrogens with one attached hydrogen (secondary N) is 2. The average Bonchev–Trinajstić information content (AvgIpc) is 2.75. The summed E-state index contributed by atoms with van der Waals surface area (Å²) in [6.07, 6.45) is 3.74. The highest BCUT2D eigenvalue weighted by Crippen LogP contribution is 2.17. The van der Waals surface area contributed by atoms with Gasteiger partial charge in [-0.05, 0) is 58.6 Å². The number of rotatable bonds is 9. The molecule has 1 aromatic carbocycles. The molecule has 6 heteroatoms. The molecule has 1 unspecified atom stereocenters. The second-order valence-electron chi connectivity index (χ2n) is 8.22. The molecular weight excluding hydrogens is 376 g/mol. The highest BCUT2D eigenvalue weighted by Gasteiger charge is 2.26. The second-order valence-corrected chi connectivity index (χ2v) is 8.22. The molecule has 1 atom stereocenters. The fraction of sp³-hybridized carbons (Fsp3) is 0.667. The second kappa shape index (κ2) is 12.5. The Morgan fingerprint density at radius 3 is 2.37 bits per heavy atom. The first-order valence-electron chi connectivity index (χ1n) is 11.5. The number of benzene rings is 1. The van der Waals surface area contributed by atoms with E-state index in [1.807, 2.05) is 24.0 Å². The normalized spacial score (nSPS) is 16.5. The summed E-state index contributed by atoms with van der Waals surface area (Å²) < 4.78 is 5.97. The predicted molar refractivity (Wildman–Crippen MR) is 124 cm³/mol. The quantitative estimate of drug-likeness (QED) is 0.475. The summed E-state index contributed by atoms with van der Waals surface area (Å²) in [4.78, 5) is 19.4. The molecule has 0 aromatic heterocycles. The van der Waals surface area contributed by atoms with Gasteiger partial charge < -0.3 is 20.3 Å². The van der Waals surface area contributed by atoms with Crippen molar-refractivity contribution < 1.29 is 9.53 Å². The van der Waals surface area contributed by atoms with Crippen LogP contribution < -0.4 is 15.4 Å². The lowest BCUT2D eigenvalue weighted by atomic mass is 9.98. The largest absolute Gasteiger partial charge is 0.489 e. The standard InChI is InChI=1S/C24H40N4O2/c1-6-20(7-2)23(29)28-15-13-21(14-16-28)27-24(25-8-3)26-17-19(5)30-22-11-9-18(4)10-12-22/h9-12,19-21H,6-8,13-17H2,1-5H3,(H2,25,26,27). The lowest BCUT2D eigenvalue weighted by molar-refractivity contribution is -0.136. The minimum absolute atomic E-state index is 0.0114. The molecule has 168 valence electrons. The number of aliphatic imine (C=N–C) groups is 1. The maximum atomic E-state index is 12.6. The molecule has 0 saturated carbocycles. The van der Waals surface area contributed by atoms with E-state index in [1.165, 1.54) is 5.56 Å². The minimum Gasteiger partial charge on any atom is -0.489 e. The Hall–Kier alpha value is -2.24. The Balaban J connectivity index is 1.83. The Labute approximate surface area is 182 Å². The van der Waals surface area contributed by atoms with Crippen molar-refractivity contribution >= 4 is 11.9 Å². The number of piperidine rings is 1. The van der Waals surface area contributed by atoms with Crippen molar-refractivity contribution in [3.05, 3.63) is 29.8 Å². The van der Waals surface area contributed by atoms with E-state index in [1.54, 1.807) is 0 Å². The number of hydrogen-bond donors (Lipinski definition) is 2. The zero-order chi connectivity index (χ0) is 21.9. The number of hydrogen-bond acceptors (Lipinski definition) is 3. The van der Waals surface area contributed by atoms with Crippen molar-refractivity contribution in [1.29, 1.82) is 0 Å². The third-order valence-electron chi connectivity index (χ3n) is 5.69. The summed E-state index contributed by atoms with van der Waals surface area (Å²) in [5, 5.41) is 6.88. The Bertz CT molecular complexity index is 662. The minimum atomic E-state index is -0.0114. The fourth-order valence-corrected chi connectivity index (χ4v) is 3.76. The topological polar surface area (TPSA) is 66.0 Å². The molecule has 0 aliphatic carbocycles. The first-order chi connectivity index (χ1) is 14.5. The van der Waals surface area contributed by atoms with E-state index in [4.69, 9.17) is 9.73 Å². The molecule has 1 heterocycles. The van der Waals surface area contributed by atoms with Gasteiger partial charge in [-0.25, -0.2) is 4.99 Å². The fourth-order valence-electron chi connectivity index (χ4n) is 3.76. The van der Waals surface area contributed by atoms with E-state index in [-0.39, 0.29) is 12.0 Å². The summed E-state index contributed by atoms with van der Waals surface area (Å²) in [5.74, 6) is 2.18. The van der Waals surface area contributed by atoms with Crippen molar-refractivity contribution in [2.24, 2.45) is 10.9 Å². The van der Waals surface area contributed by atoms with Crippen LogP contribution in [0.4, 0.5) is 0 Å². The van der Waals surface area contributed by atoms with E-state index < -0.39 is 0 Å². The van der Waals surface area contributed by atoms with Crippen LogP contribution in [-0.2, 0) is 4.79 Å². The summed E-state index contributed by atoms with van der Waals surface area (Å²) in [6.45, 7) is 13.4. The number of nitrogens with zero attached hydrogens (tertiary/aromatic N) is 2. The van der Waals surface area contributed by atoms with Gasteiger partial charge in [0.05, 0.1) is 6.54 Å². The van der Waals surface area contributed by atoms with Gasteiger partial charge in [0.15, 0.2) is 5.96 Å². The van der Waals surface area contributed by atoms with Crippen LogP contribution in [0.15, 0.2) is 29.3 Å². The van der Waals surface area contributed by atoms with E-state index in [2.05, 4.69) is 50.5 Å². The van der Waals surface area contributed by atoms with Crippen LogP contribution in [-0.4, -0.2) is 55.1 Å². The van der Waals surface area contributed by atoms with Crippen LogP contribution in [0.25, 0.3) is 0 Å². The molecule has 1 aliphatic rings. The van der Waals surface area contributed by atoms with Gasteiger partial charge in [-0.2, -0.15) is 0 Å². The van der Waals surface area contributed by atoms with Gasteiger partial charge in [-0.3, -0.25) is 4.79 Å². The van der Waals surface area contributed by atoms with Gasteiger partial charge in [0.2, 0.25) is 5.91 Å². The highest BCUT2D eigenvalue weighted by atomic mass is 16.5.